The third-order valence-electron chi connectivity index (χ3n) is 2.28. The molecule has 0 fully saturated rings. The lowest BCUT2D eigenvalue weighted by Crippen LogP contribution is -2.19. The van der Waals surface area contributed by atoms with Gasteiger partial charge in [0.1, 0.15) is 0 Å². The van der Waals surface area contributed by atoms with Crippen LogP contribution in [0.5, 0.6) is 0 Å². The van der Waals surface area contributed by atoms with Crippen LogP contribution in [0, 0.1) is 11.8 Å². The van der Waals surface area contributed by atoms with Gasteiger partial charge in [-0.15, -0.1) is 0 Å². The first-order chi connectivity index (χ1) is 5.13. The molecule has 0 saturated carbocycles. The predicted molar refractivity (Wildman–Crippen MR) is 45.5 cm³/mol. The zero-order chi connectivity index (χ0) is 8.85. The van der Waals surface area contributed by atoms with Crippen molar-refractivity contribution in [2.45, 2.75) is 40.0 Å². The lowest BCUT2D eigenvalue weighted by molar-refractivity contribution is -0.143. The van der Waals surface area contributed by atoms with Crippen LogP contribution in [0.15, 0.2) is 0 Å². The van der Waals surface area contributed by atoms with Gasteiger partial charge >= 0.3 is 5.97 Å². The van der Waals surface area contributed by atoms with Crippen molar-refractivity contribution in [1.29, 1.82) is 0 Å². The average Bonchev–Trinajstić information content (AvgIpc) is 1.98. The van der Waals surface area contributed by atoms with Crippen LogP contribution < -0.4 is 0 Å². The smallest absolute Gasteiger partial charge is 0.306 e. The number of hydrogen-bond donors (Lipinski definition) is 1. The van der Waals surface area contributed by atoms with E-state index in [0.29, 0.717) is 5.92 Å². The van der Waals surface area contributed by atoms with E-state index in [4.69, 9.17) is 5.11 Å². The molecule has 66 valence electrons. The second-order valence-electron chi connectivity index (χ2n) is 3.08. The fourth-order valence-corrected chi connectivity index (χ4v) is 1.38. The number of rotatable bonds is 5. The lowest BCUT2D eigenvalue weighted by Gasteiger charge is -2.17. The van der Waals surface area contributed by atoms with E-state index in [2.05, 4.69) is 13.8 Å². The standard InChI is InChI=1S/C9H18O2/c1-4-6-8(5-2)7(3)9(10)11/h7-8H,4-6H2,1-3H3,(H,10,11)/t7-,8?/m0/s1. The molecule has 2 atom stereocenters. The van der Waals surface area contributed by atoms with E-state index < -0.39 is 5.97 Å². The second kappa shape index (κ2) is 5.16. The first-order valence-electron chi connectivity index (χ1n) is 4.36. The quantitative estimate of drug-likeness (QED) is 0.667. The Bertz CT molecular complexity index is 121. The molecule has 0 aromatic rings. The molecule has 0 spiro atoms. The van der Waals surface area contributed by atoms with Crippen LogP contribution in [0.3, 0.4) is 0 Å². The van der Waals surface area contributed by atoms with Crippen LogP contribution in [0.2, 0.25) is 0 Å². The minimum Gasteiger partial charge on any atom is -0.481 e. The Labute approximate surface area is 68.6 Å². The van der Waals surface area contributed by atoms with Crippen molar-refractivity contribution in [3.63, 3.8) is 0 Å². The number of aliphatic carboxylic acids is 1. The topological polar surface area (TPSA) is 37.3 Å². The number of carboxylic acids is 1. The van der Waals surface area contributed by atoms with Crippen molar-refractivity contribution >= 4 is 5.97 Å². The molecule has 1 N–H and O–H groups in total. The van der Waals surface area contributed by atoms with Gasteiger partial charge in [-0.25, -0.2) is 0 Å². The van der Waals surface area contributed by atoms with Crippen LogP contribution >= 0.6 is 0 Å². The summed E-state index contributed by atoms with van der Waals surface area (Å²) >= 11 is 0. The Morgan fingerprint density at radius 1 is 1.45 bits per heavy atom. The van der Waals surface area contributed by atoms with Crippen molar-refractivity contribution in [1.82, 2.24) is 0 Å². The van der Waals surface area contributed by atoms with Crippen LogP contribution in [-0.4, -0.2) is 11.1 Å². The maximum Gasteiger partial charge on any atom is 0.306 e. The summed E-state index contributed by atoms with van der Waals surface area (Å²) in [5, 5.41) is 8.71. The second-order valence-corrected chi connectivity index (χ2v) is 3.08. The van der Waals surface area contributed by atoms with E-state index in [1.807, 2.05) is 0 Å². The molecule has 2 heteroatoms. The molecule has 2 nitrogen and oxygen atoms in total. The van der Waals surface area contributed by atoms with Gasteiger partial charge in [0.15, 0.2) is 0 Å². The zero-order valence-electron chi connectivity index (χ0n) is 7.63. The fraction of sp³-hybridized carbons (Fsp3) is 0.889. The van der Waals surface area contributed by atoms with Crippen molar-refractivity contribution in [3.05, 3.63) is 0 Å². The summed E-state index contributed by atoms with van der Waals surface area (Å²) in [5.74, 6) is -0.484. The first kappa shape index (κ1) is 10.5. The number of carboxylic acid groups (broad SMARTS) is 1. The molecule has 0 aromatic heterocycles. The Morgan fingerprint density at radius 2 is 2.00 bits per heavy atom. The molecule has 0 rings (SSSR count). The Morgan fingerprint density at radius 3 is 2.27 bits per heavy atom. The van der Waals surface area contributed by atoms with E-state index in [-0.39, 0.29) is 5.92 Å². The molecule has 0 bridgehead atoms. The third-order valence-corrected chi connectivity index (χ3v) is 2.28. The normalized spacial score (nSPS) is 15.9. The van der Waals surface area contributed by atoms with Gasteiger partial charge in [0, 0.05) is 0 Å². The highest BCUT2D eigenvalue weighted by molar-refractivity contribution is 5.69. The Kier molecular flexibility index (Phi) is 4.92. The molecule has 0 aromatic carbocycles. The van der Waals surface area contributed by atoms with Gasteiger partial charge in [-0.05, 0) is 12.3 Å². The van der Waals surface area contributed by atoms with E-state index in [0.717, 1.165) is 19.3 Å². The van der Waals surface area contributed by atoms with Crippen LogP contribution in [0.4, 0.5) is 0 Å². The average molecular weight is 158 g/mol. The molecule has 0 radical (unpaired) electrons. The number of carbonyl (C=O) groups is 1. The van der Waals surface area contributed by atoms with E-state index in [1.165, 1.54) is 0 Å². The summed E-state index contributed by atoms with van der Waals surface area (Å²) in [6.45, 7) is 5.95. The van der Waals surface area contributed by atoms with E-state index >= 15 is 0 Å². The first-order valence-corrected chi connectivity index (χ1v) is 4.36. The predicted octanol–water partition coefficient (Wildman–Crippen LogP) is 2.53. The Hall–Kier alpha value is -0.530. The minimum atomic E-state index is -0.662. The van der Waals surface area contributed by atoms with Crippen LogP contribution in [0.25, 0.3) is 0 Å². The van der Waals surface area contributed by atoms with Gasteiger partial charge in [-0.3, -0.25) is 4.79 Å². The molecule has 0 saturated heterocycles. The largest absolute Gasteiger partial charge is 0.481 e. The van der Waals surface area contributed by atoms with Crippen molar-refractivity contribution < 1.29 is 9.90 Å². The summed E-state index contributed by atoms with van der Waals surface area (Å²) < 4.78 is 0. The van der Waals surface area contributed by atoms with Crippen molar-refractivity contribution in [2.75, 3.05) is 0 Å². The molecular formula is C9H18O2. The van der Waals surface area contributed by atoms with Crippen LogP contribution in [0.1, 0.15) is 40.0 Å². The highest BCUT2D eigenvalue weighted by atomic mass is 16.4. The summed E-state index contributed by atoms with van der Waals surface area (Å²) in [6.07, 6.45) is 3.08. The maximum atomic E-state index is 10.6. The van der Waals surface area contributed by atoms with E-state index in [9.17, 15) is 4.79 Å². The van der Waals surface area contributed by atoms with Crippen LogP contribution in [-0.2, 0) is 4.79 Å². The monoisotopic (exact) mass is 158 g/mol. The van der Waals surface area contributed by atoms with Gasteiger partial charge in [-0.1, -0.05) is 33.6 Å². The SMILES string of the molecule is CCCC(CC)[C@H](C)C(=O)O. The highest BCUT2D eigenvalue weighted by Crippen LogP contribution is 2.20. The molecule has 0 aliphatic carbocycles. The molecule has 0 heterocycles. The molecule has 11 heavy (non-hydrogen) atoms. The summed E-state index contributed by atoms with van der Waals surface area (Å²) in [5.41, 5.74) is 0. The molecular weight excluding hydrogens is 140 g/mol. The van der Waals surface area contributed by atoms with Gasteiger partial charge in [0.05, 0.1) is 5.92 Å². The van der Waals surface area contributed by atoms with Gasteiger partial charge in [0.2, 0.25) is 0 Å². The summed E-state index contributed by atoms with van der Waals surface area (Å²) in [7, 11) is 0. The molecule has 0 aliphatic heterocycles. The third kappa shape index (κ3) is 3.40. The maximum absolute atomic E-state index is 10.6. The minimum absolute atomic E-state index is 0.181. The lowest BCUT2D eigenvalue weighted by atomic mass is 9.88. The van der Waals surface area contributed by atoms with Crippen molar-refractivity contribution in [3.8, 4) is 0 Å². The van der Waals surface area contributed by atoms with E-state index in [1.54, 1.807) is 6.92 Å². The van der Waals surface area contributed by atoms with Gasteiger partial charge < -0.3 is 5.11 Å². The van der Waals surface area contributed by atoms with Crippen molar-refractivity contribution in [2.24, 2.45) is 11.8 Å². The summed E-state index contributed by atoms with van der Waals surface area (Å²) in [4.78, 5) is 10.6. The number of hydrogen-bond acceptors (Lipinski definition) is 1. The molecule has 1 unspecified atom stereocenters. The zero-order valence-corrected chi connectivity index (χ0v) is 7.63. The fourth-order valence-electron chi connectivity index (χ4n) is 1.38. The summed E-state index contributed by atoms with van der Waals surface area (Å²) in [6, 6.07) is 0. The van der Waals surface area contributed by atoms with Gasteiger partial charge in [0.25, 0.3) is 0 Å². The van der Waals surface area contributed by atoms with Gasteiger partial charge in [-0.2, -0.15) is 0 Å². The highest BCUT2D eigenvalue weighted by Gasteiger charge is 2.20. The molecule has 0 amide bonds. The Balaban J connectivity index is 3.91. The molecule has 0 aliphatic rings.